The van der Waals surface area contributed by atoms with Gasteiger partial charge in [0.25, 0.3) is 0 Å². The maximum absolute atomic E-state index is 8.82. The number of fused-ring (bicyclic) bond motifs is 1. The first kappa shape index (κ1) is 11.8. The molecule has 0 radical (unpaired) electrons. The van der Waals surface area contributed by atoms with Crippen LogP contribution in [0.1, 0.15) is 18.4 Å². The maximum Gasteiger partial charge on any atom is 0.121 e. The van der Waals surface area contributed by atoms with Crippen LogP contribution in [-0.2, 0) is 0 Å². The summed E-state index contributed by atoms with van der Waals surface area (Å²) in [5.74, 6) is 2.31. The lowest BCUT2D eigenvalue weighted by atomic mass is 10.0. The van der Waals surface area contributed by atoms with Gasteiger partial charge < -0.3 is 10.1 Å². The van der Waals surface area contributed by atoms with E-state index in [2.05, 4.69) is 11.4 Å². The van der Waals surface area contributed by atoms with Crippen molar-refractivity contribution in [2.24, 2.45) is 11.8 Å². The summed E-state index contributed by atoms with van der Waals surface area (Å²) in [4.78, 5) is 0. The summed E-state index contributed by atoms with van der Waals surface area (Å²) in [7, 11) is 0. The summed E-state index contributed by atoms with van der Waals surface area (Å²) >= 11 is 6.00. The minimum Gasteiger partial charge on any atom is -0.490 e. The normalized spacial score (nSPS) is 29.9. The first-order valence-electron chi connectivity index (χ1n) is 6.33. The molecule has 0 spiro atoms. The van der Waals surface area contributed by atoms with Gasteiger partial charge in [0.2, 0.25) is 0 Å². The molecule has 2 atom stereocenters. The molecule has 4 heteroatoms. The molecule has 2 fully saturated rings. The van der Waals surface area contributed by atoms with Crippen LogP contribution in [-0.4, -0.2) is 19.2 Å². The Morgan fingerprint density at radius 1 is 1.28 bits per heavy atom. The number of rotatable bonds is 2. The molecular formula is C14H15ClN2O. The Labute approximate surface area is 112 Å². The lowest BCUT2D eigenvalue weighted by molar-refractivity contribution is 0.199. The summed E-state index contributed by atoms with van der Waals surface area (Å²) in [5.41, 5.74) is 0.497. The quantitative estimate of drug-likeness (QED) is 0.891. The van der Waals surface area contributed by atoms with Gasteiger partial charge >= 0.3 is 0 Å². The zero-order valence-corrected chi connectivity index (χ0v) is 10.8. The first-order valence-corrected chi connectivity index (χ1v) is 6.71. The average molecular weight is 263 g/mol. The highest BCUT2D eigenvalue weighted by atomic mass is 35.5. The number of nitrogens with one attached hydrogen (secondary N) is 1. The fraction of sp³-hybridized carbons (Fsp3) is 0.500. The standard InChI is InChI=1S/C14H15ClN2O/c15-14-5-12(2-1-9(14)6-16)18-13-3-10-7-17-8-11(10)4-13/h1-2,5,10-11,13,17H,3-4,7-8H2. The average Bonchev–Trinajstić information content (AvgIpc) is 2.90. The van der Waals surface area contributed by atoms with Crippen molar-refractivity contribution in [3.05, 3.63) is 28.8 Å². The number of halogens is 1. The van der Waals surface area contributed by atoms with E-state index in [0.29, 0.717) is 16.7 Å². The van der Waals surface area contributed by atoms with E-state index in [1.54, 1.807) is 12.1 Å². The summed E-state index contributed by atoms with van der Waals surface area (Å²) in [6.45, 7) is 2.25. The van der Waals surface area contributed by atoms with Gasteiger partial charge in [-0.1, -0.05) is 11.6 Å². The van der Waals surface area contributed by atoms with Gasteiger partial charge in [0.15, 0.2) is 0 Å². The van der Waals surface area contributed by atoms with Crippen LogP contribution in [0.2, 0.25) is 5.02 Å². The lowest BCUT2D eigenvalue weighted by Crippen LogP contribution is -2.18. The molecule has 1 saturated heterocycles. The molecule has 94 valence electrons. The summed E-state index contributed by atoms with van der Waals surface area (Å²) in [6, 6.07) is 7.34. The molecule has 1 N–H and O–H groups in total. The molecule has 1 aliphatic carbocycles. The molecule has 2 unspecified atom stereocenters. The second-order valence-electron chi connectivity index (χ2n) is 5.14. The van der Waals surface area contributed by atoms with Crippen molar-refractivity contribution in [1.82, 2.24) is 5.32 Å². The summed E-state index contributed by atoms with van der Waals surface area (Å²) < 4.78 is 5.97. The fourth-order valence-electron chi connectivity index (χ4n) is 3.06. The molecule has 3 nitrogen and oxygen atoms in total. The number of ether oxygens (including phenoxy) is 1. The zero-order valence-electron chi connectivity index (χ0n) is 10.0. The number of hydrogen-bond acceptors (Lipinski definition) is 3. The molecule has 1 aromatic carbocycles. The summed E-state index contributed by atoms with van der Waals surface area (Å²) in [5, 5.41) is 12.7. The zero-order chi connectivity index (χ0) is 12.5. The van der Waals surface area contributed by atoms with Crippen LogP contribution < -0.4 is 10.1 Å². The highest BCUT2D eigenvalue weighted by Crippen LogP contribution is 2.37. The van der Waals surface area contributed by atoms with Gasteiger partial charge in [-0.2, -0.15) is 5.26 Å². The molecule has 1 heterocycles. The van der Waals surface area contributed by atoms with Crippen LogP contribution in [0.3, 0.4) is 0 Å². The van der Waals surface area contributed by atoms with Crippen LogP contribution in [0.25, 0.3) is 0 Å². The molecule has 0 bridgehead atoms. The molecular weight excluding hydrogens is 248 g/mol. The smallest absolute Gasteiger partial charge is 0.121 e. The first-order chi connectivity index (χ1) is 8.76. The van der Waals surface area contributed by atoms with Gasteiger partial charge in [-0.25, -0.2) is 0 Å². The second kappa shape index (κ2) is 4.79. The van der Waals surface area contributed by atoms with E-state index < -0.39 is 0 Å². The Balaban J connectivity index is 1.67. The van der Waals surface area contributed by atoms with Gasteiger partial charge in [0.1, 0.15) is 11.8 Å². The predicted octanol–water partition coefficient (Wildman–Crippen LogP) is 2.59. The Kier molecular flexibility index (Phi) is 3.15. The van der Waals surface area contributed by atoms with E-state index in [0.717, 1.165) is 43.5 Å². The van der Waals surface area contributed by atoms with Crippen molar-refractivity contribution in [3.63, 3.8) is 0 Å². The van der Waals surface area contributed by atoms with Crippen molar-refractivity contribution in [2.75, 3.05) is 13.1 Å². The SMILES string of the molecule is N#Cc1ccc(OC2CC3CNCC3C2)cc1Cl. The molecule has 1 aliphatic heterocycles. The number of hydrogen-bond donors (Lipinski definition) is 1. The number of nitriles is 1. The molecule has 1 saturated carbocycles. The Hall–Kier alpha value is -1.24. The van der Waals surface area contributed by atoms with Crippen LogP contribution in [0.5, 0.6) is 5.75 Å². The third-order valence-electron chi connectivity index (χ3n) is 3.97. The Bertz CT molecular complexity index is 485. The van der Waals surface area contributed by atoms with Crippen LogP contribution in [0.4, 0.5) is 0 Å². The summed E-state index contributed by atoms with van der Waals surface area (Å²) in [6.07, 6.45) is 2.54. The van der Waals surface area contributed by atoms with E-state index in [9.17, 15) is 0 Å². The Morgan fingerprint density at radius 2 is 2.00 bits per heavy atom. The lowest BCUT2D eigenvalue weighted by Gasteiger charge is -2.15. The van der Waals surface area contributed by atoms with Crippen LogP contribution in [0, 0.1) is 23.2 Å². The van der Waals surface area contributed by atoms with Gasteiger partial charge in [-0.15, -0.1) is 0 Å². The van der Waals surface area contributed by atoms with Crippen molar-refractivity contribution in [3.8, 4) is 11.8 Å². The van der Waals surface area contributed by atoms with Crippen LogP contribution in [0.15, 0.2) is 18.2 Å². The van der Waals surface area contributed by atoms with Crippen LogP contribution >= 0.6 is 11.6 Å². The van der Waals surface area contributed by atoms with E-state index in [1.165, 1.54) is 0 Å². The topological polar surface area (TPSA) is 45.0 Å². The number of nitrogens with zero attached hydrogens (tertiary/aromatic N) is 1. The monoisotopic (exact) mass is 262 g/mol. The molecule has 2 aliphatic rings. The number of benzene rings is 1. The predicted molar refractivity (Wildman–Crippen MR) is 69.7 cm³/mol. The van der Waals surface area contributed by atoms with Crippen molar-refractivity contribution in [2.45, 2.75) is 18.9 Å². The minimum absolute atomic E-state index is 0.297. The van der Waals surface area contributed by atoms with Crippen molar-refractivity contribution in [1.29, 1.82) is 5.26 Å². The molecule has 0 aromatic heterocycles. The highest BCUT2D eigenvalue weighted by Gasteiger charge is 2.38. The third-order valence-corrected chi connectivity index (χ3v) is 4.29. The largest absolute Gasteiger partial charge is 0.490 e. The fourth-order valence-corrected chi connectivity index (χ4v) is 3.27. The Morgan fingerprint density at radius 3 is 2.61 bits per heavy atom. The molecule has 3 rings (SSSR count). The molecule has 18 heavy (non-hydrogen) atoms. The van der Waals surface area contributed by atoms with Crippen molar-refractivity contribution >= 4 is 11.6 Å². The minimum atomic E-state index is 0.297. The van der Waals surface area contributed by atoms with Gasteiger partial charge in [-0.05, 0) is 49.9 Å². The maximum atomic E-state index is 8.82. The third kappa shape index (κ3) is 2.19. The van der Waals surface area contributed by atoms with Gasteiger partial charge in [0.05, 0.1) is 16.7 Å². The second-order valence-corrected chi connectivity index (χ2v) is 5.55. The van der Waals surface area contributed by atoms with Gasteiger partial charge in [-0.3, -0.25) is 0 Å². The van der Waals surface area contributed by atoms with E-state index in [-0.39, 0.29) is 0 Å². The van der Waals surface area contributed by atoms with E-state index >= 15 is 0 Å². The molecule has 1 aromatic rings. The van der Waals surface area contributed by atoms with E-state index in [4.69, 9.17) is 21.6 Å². The molecule has 0 amide bonds. The van der Waals surface area contributed by atoms with Gasteiger partial charge in [0, 0.05) is 6.07 Å². The highest BCUT2D eigenvalue weighted by molar-refractivity contribution is 6.31. The van der Waals surface area contributed by atoms with Crippen molar-refractivity contribution < 1.29 is 4.74 Å². The van der Waals surface area contributed by atoms with E-state index in [1.807, 2.05) is 6.07 Å².